The number of esters is 1. The van der Waals surface area contributed by atoms with Gasteiger partial charge in [0.05, 0.1) is 12.3 Å². The summed E-state index contributed by atoms with van der Waals surface area (Å²) < 4.78 is 4.86. The lowest BCUT2D eigenvalue weighted by Gasteiger charge is -2.10. The van der Waals surface area contributed by atoms with Crippen LogP contribution < -0.4 is 0 Å². The van der Waals surface area contributed by atoms with Crippen LogP contribution in [0.3, 0.4) is 0 Å². The van der Waals surface area contributed by atoms with Gasteiger partial charge in [0.15, 0.2) is 0 Å². The van der Waals surface area contributed by atoms with Gasteiger partial charge >= 0.3 is 11.9 Å². The molecule has 0 saturated carbocycles. The summed E-state index contributed by atoms with van der Waals surface area (Å²) in [7, 11) is 0. The zero-order chi connectivity index (χ0) is 20.2. The Labute approximate surface area is 166 Å². The van der Waals surface area contributed by atoms with Crippen LogP contribution in [0.15, 0.2) is 24.8 Å². The van der Waals surface area contributed by atoms with Crippen LogP contribution in [-0.2, 0) is 14.3 Å². The van der Waals surface area contributed by atoms with Crippen molar-refractivity contribution in [2.24, 2.45) is 5.92 Å². The van der Waals surface area contributed by atoms with Crippen molar-refractivity contribution in [3.8, 4) is 0 Å². The number of carbonyl (C=O) groups is 2. The summed E-state index contributed by atoms with van der Waals surface area (Å²) in [4.78, 5) is 22.7. The topological polar surface area (TPSA) is 63.6 Å². The van der Waals surface area contributed by atoms with E-state index in [2.05, 4.69) is 19.6 Å². The normalized spacial score (nSPS) is 12.2. The van der Waals surface area contributed by atoms with Crippen LogP contribution >= 0.6 is 0 Å². The summed E-state index contributed by atoms with van der Waals surface area (Å²) in [5.74, 6) is -2.09. The van der Waals surface area contributed by atoms with Gasteiger partial charge in [-0.2, -0.15) is 0 Å². The zero-order valence-electron chi connectivity index (χ0n) is 17.3. The summed E-state index contributed by atoms with van der Waals surface area (Å²) in [6, 6.07) is 0. The van der Waals surface area contributed by atoms with Crippen molar-refractivity contribution < 1.29 is 19.4 Å². The van der Waals surface area contributed by atoms with Crippen molar-refractivity contribution in [1.82, 2.24) is 0 Å². The summed E-state index contributed by atoms with van der Waals surface area (Å²) in [5, 5.41) is 9.20. The molecule has 0 aromatic rings. The van der Waals surface area contributed by atoms with Gasteiger partial charge in [0.25, 0.3) is 0 Å². The number of hydrogen-bond acceptors (Lipinski definition) is 3. The Bertz CT molecular complexity index is 415. The van der Waals surface area contributed by atoms with Crippen LogP contribution in [0.2, 0.25) is 0 Å². The van der Waals surface area contributed by atoms with E-state index in [0.717, 1.165) is 6.42 Å². The first-order valence-corrected chi connectivity index (χ1v) is 10.8. The molecule has 0 aromatic carbocycles. The lowest BCUT2D eigenvalue weighted by molar-refractivity contribution is -0.151. The lowest BCUT2D eigenvalue weighted by atomic mass is 9.99. The number of ether oxygens (including phenoxy) is 1. The molecule has 0 aliphatic rings. The number of carbonyl (C=O) groups excluding carboxylic acids is 1. The summed E-state index contributed by atoms with van der Waals surface area (Å²) in [6.45, 7) is 5.84. The number of carboxylic acids is 1. The second-order valence-electron chi connectivity index (χ2n) is 7.23. The molecule has 4 nitrogen and oxygen atoms in total. The van der Waals surface area contributed by atoms with Gasteiger partial charge in [0.2, 0.25) is 0 Å². The summed E-state index contributed by atoms with van der Waals surface area (Å²) in [6.07, 6.45) is 21.1. The molecule has 0 aliphatic heterocycles. The minimum absolute atomic E-state index is 0.0740. The Morgan fingerprint density at radius 3 is 2.04 bits per heavy atom. The van der Waals surface area contributed by atoms with Crippen LogP contribution in [0.25, 0.3) is 0 Å². The van der Waals surface area contributed by atoms with Crippen molar-refractivity contribution in [2.75, 3.05) is 6.61 Å². The van der Waals surface area contributed by atoms with Crippen molar-refractivity contribution in [2.45, 2.75) is 96.8 Å². The molecule has 0 amide bonds. The molecule has 0 aliphatic carbocycles. The minimum atomic E-state index is -0.936. The second-order valence-corrected chi connectivity index (χ2v) is 7.23. The monoisotopic (exact) mass is 380 g/mol. The molecule has 1 unspecified atom stereocenters. The van der Waals surface area contributed by atoms with Crippen LogP contribution in [0.1, 0.15) is 96.8 Å². The Morgan fingerprint density at radius 2 is 1.48 bits per heavy atom. The molecule has 0 radical (unpaired) electrons. The number of unbranched alkanes of at least 4 members (excludes halogenated alkanes) is 10. The Kier molecular flexibility index (Phi) is 18.1. The molecule has 156 valence electrons. The molecule has 1 N–H and O–H groups in total. The lowest BCUT2D eigenvalue weighted by Crippen LogP contribution is -2.19. The van der Waals surface area contributed by atoms with Crippen LogP contribution in [0.4, 0.5) is 0 Å². The molecule has 0 bridgehead atoms. The third-order valence-electron chi connectivity index (χ3n) is 4.70. The van der Waals surface area contributed by atoms with E-state index in [-0.39, 0.29) is 13.0 Å². The highest BCUT2D eigenvalue weighted by Crippen LogP contribution is 2.14. The number of carboxylic acid groups (broad SMARTS) is 1. The summed E-state index contributed by atoms with van der Waals surface area (Å²) >= 11 is 0. The molecule has 0 fully saturated rings. The second kappa shape index (κ2) is 19.2. The molecule has 1 atom stereocenters. The molecule has 4 heteroatoms. The fourth-order valence-corrected chi connectivity index (χ4v) is 3.01. The van der Waals surface area contributed by atoms with Crippen LogP contribution in [0, 0.1) is 5.92 Å². The van der Waals surface area contributed by atoms with Crippen molar-refractivity contribution in [3.05, 3.63) is 24.8 Å². The Balaban J connectivity index is 3.61. The Hall–Kier alpha value is -1.58. The maximum absolute atomic E-state index is 11.5. The average molecular weight is 381 g/mol. The van der Waals surface area contributed by atoms with E-state index in [0.29, 0.717) is 12.8 Å². The van der Waals surface area contributed by atoms with E-state index in [1.807, 2.05) is 6.08 Å². The highest BCUT2D eigenvalue weighted by Gasteiger charge is 2.21. The van der Waals surface area contributed by atoms with E-state index in [1.165, 1.54) is 70.3 Å². The Morgan fingerprint density at radius 1 is 0.926 bits per heavy atom. The van der Waals surface area contributed by atoms with Crippen LogP contribution in [0.5, 0.6) is 0 Å². The van der Waals surface area contributed by atoms with Crippen molar-refractivity contribution >= 4 is 11.9 Å². The number of allylic oxidation sites excluding steroid dienone is 2. The fourth-order valence-electron chi connectivity index (χ4n) is 3.01. The number of hydrogen-bond donors (Lipinski definition) is 1. The third kappa shape index (κ3) is 17.6. The van der Waals surface area contributed by atoms with Gasteiger partial charge in [-0.15, -0.1) is 0 Å². The first-order chi connectivity index (χ1) is 13.1. The number of rotatable bonds is 19. The van der Waals surface area contributed by atoms with E-state index >= 15 is 0 Å². The number of aliphatic carboxylic acids is 1. The van der Waals surface area contributed by atoms with Gasteiger partial charge in [-0.05, 0) is 25.7 Å². The van der Waals surface area contributed by atoms with Gasteiger partial charge in [0, 0.05) is 0 Å². The van der Waals surface area contributed by atoms with Gasteiger partial charge < -0.3 is 9.84 Å². The predicted octanol–water partition coefficient (Wildman–Crippen LogP) is 6.45. The molecular formula is C23H40O4. The average Bonchev–Trinajstić information content (AvgIpc) is 2.65. The standard InChI is InChI=1S/C23H40O4/c1-3-5-6-7-8-9-10-11-12-13-14-15-16-17-18-21(23(25)26)20-22(24)27-19-4-2/h4,15-16,21H,2-3,5-14,17-20H2,1H3,(H,25,26)/b16-15+. The highest BCUT2D eigenvalue weighted by molar-refractivity contribution is 5.78. The zero-order valence-corrected chi connectivity index (χ0v) is 17.3. The van der Waals surface area contributed by atoms with E-state index in [4.69, 9.17) is 4.74 Å². The molecule has 0 spiro atoms. The molecule has 0 aromatic heterocycles. The first kappa shape index (κ1) is 25.4. The van der Waals surface area contributed by atoms with Gasteiger partial charge in [-0.3, -0.25) is 9.59 Å². The largest absolute Gasteiger partial charge is 0.481 e. The first-order valence-electron chi connectivity index (χ1n) is 10.8. The maximum Gasteiger partial charge on any atom is 0.307 e. The maximum atomic E-state index is 11.5. The highest BCUT2D eigenvalue weighted by atomic mass is 16.5. The fraction of sp³-hybridized carbons (Fsp3) is 0.739. The summed E-state index contributed by atoms with van der Waals surface area (Å²) in [5.41, 5.74) is 0. The molecule has 27 heavy (non-hydrogen) atoms. The third-order valence-corrected chi connectivity index (χ3v) is 4.70. The molecule has 0 saturated heterocycles. The predicted molar refractivity (Wildman–Crippen MR) is 112 cm³/mol. The van der Waals surface area contributed by atoms with Gasteiger partial charge in [-0.25, -0.2) is 0 Å². The quantitative estimate of drug-likeness (QED) is 0.159. The molecule has 0 rings (SSSR count). The van der Waals surface area contributed by atoms with E-state index in [9.17, 15) is 14.7 Å². The van der Waals surface area contributed by atoms with Crippen LogP contribution in [-0.4, -0.2) is 23.7 Å². The molecular weight excluding hydrogens is 340 g/mol. The van der Waals surface area contributed by atoms with E-state index < -0.39 is 17.9 Å². The van der Waals surface area contributed by atoms with Gasteiger partial charge in [0.1, 0.15) is 6.61 Å². The van der Waals surface area contributed by atoms with E-state index in [1.54, 1.807) is 0 Å². The van der Waals surface area contributed by atoms with Crippen molar-refractivity contribution in [1.29, 1.82) is 0 Å². The van der Waals surface area contributed by atoms with Gasteiger partial charge in [-0.1, -0.05) is 89.5 Å². The molecule has 0 heterocycles. The SMILES string of the molecule is C=CCOC(=O)CC(CC/C=C/CCCCCCCCCCCC)C(=O)O. The smallest absolute Gasteiger partial charge is 0.307 e. The van der Waals surface area contributed by atoms with Crippen molar-refractivity contribution in [3.63, 3.8) is 0 Å². The minimum Gasteiger partial charge on any atom is -0.481 e.